The van der Waals surface area contributed by atoms with Crippen LogP contribution in [-0.2, 0) is 10.8 Å². The van der Waals surface area contributed by atoms with Crippen molar-refractivity contribution in [2.24, 2.45) is 4.99 Å². The van der Waals surface area contributed by atoms with E-state index in [2.05, 4.69) is 39.9 Å². The largest absolute Gasteiger partial charge is 0.355 e. The lowest BCUT2D eigenvalue weighted by atomic mass is 10.4. The van der Waals surface area contributed by atoms with Crippen LogP contribution in [0.4, 0.5) is 0 Å². The predicted octanol–water partition coefficient (Wildman–Crippen LogP) is 3.28. The number of nitrogens with zero attached hydrogens (tertiary/aromatic N) is 1. The zero-order chi connectivity index (χ0) is 18.2. The smallest absolute Gasteiger partial charge is 0.191 e. The number of hydrogen-bond donors (Lipinski definition) is 2. The Hall–Kier alpha value is -1.79. The molecule has 6 heteroatoms. The average molecular weight is 388 g/mol. The Labute approximate surface area is 162 Å². The number of benzene rings is 2. The first-order valence-electron chi connectivity index (χ1n) is 8.83. The number of nitrogens with one attached hydrogen (secondary N) is 2. The van der Waals surface area contributed by atoms with Crippen LogP contribution < -0.4 is 10.6 Å². The van der Waals surface area contributed by atoms with Crippen LogP contribution in [0.1, 0.15) is 12.8 Å². The normalized spacial score (nSPS) is 16.7. The van der Waals surface area contributed by atoms with E-state index in [0.717, 1.165) is 17.4 Å². The van der Waals surface area contributed by atoms with Crippen LogP contribution in [0, 0.1) is 0 Å². The van der Waals surface area contributed by atoms with E-state index in [1.54, 1.807) is 7.05 Å². The second-order valence-corrected chi connectivity index (χ2v) is 9.43. The minimum Gasteiger partial charge on any atom is -0.355 e. The average Bonchev–Trinajstić information content (AvgIpc) is 3.45. The number of guanidine groups is 1. The molecule has 2 N–H and O–H groups in total. The molecule has 0 bridgehead atoms. The van der Waals surface area contributed by atoms with Crippen molar-refractivity contribution < 1.29 is 4.21 Å². The van der Waals surface area contributed by atoms with Gasteiger partial charge in [-0.15, -0.1) is 11.8 Å². The van der Waals surface area contributed by atoms with E-state index in [9.17, 15) is 4.21 Å². The molecule has 1 unspecified atom stereocenters. The molecule has 0 spiro atoms. The Morgan fingerprint density at radius 2 is 1.73 bits per heavy atom. The van der Waals surface area contributed by atoms with Gasteiger partial charge >= 0.3 is 0 Å². The molecule has 0 radical (unpaired) electrons. The fraction of sp³-hybridized carbons (Fsp3) is 0.350. The van der Waals surface area contributed by atoms with Gasteiger partial charge in [-0.1, -0.05) is 36.4 Å². The molecule has 0 amide bonds. The van der Waals surface area contributed by atoms with E-state index in [-0.39, 0.29) is 4.75 Å². The zero-order valence-corrected chi connectivity index (χ0v) is 16.6. The minimum atomic E-state index is -0.986. The molecular formula is C20H25N3OS2. The third-order valence-corrected chi connectivity index (χ3v) is 7.14. The summed E-state index contributed by atoms with van der Waals surface area (Å²) in [5, 5.41) is 6.70. The van der Waals surface area contributed by atoms with Gasteiger partial charge in [0.05, 0.1) is 10.8 Å². The fourth-order valence-corrected chi connectivity index (χ4v) is 4.84. The van der Waals surface area contributed by atoms with Crippen LogP contribution in [0.15, 0.2) is 75.4 Å². The van der Waals surface area contributed by atoms with Gasteiger partial charge in [-0.05, 0) is 37.1 Å². The van der Waals surface area contributed by atoms with Crippen LogP contribution in [-0.4, -0.2) is 40.8 Å². The van der Waals surface area contributed by atoms with Gasteiger partial charge in [0.15, 0.2) is 5.96 Å². The summed E-state index contributed by atoms with van der Waals surface area (Å²) in [6.45, 7) is 1.51. The highest BCUT2D eigenvalue weighted by molar-refractivity contribution is 8.01. The van der Waals surface area contributed by atoms with Crippen molar-refractivity contribution in [3.8, 4) is 0 Å². The molecule has 2 aromatic rings. The van der Waals surface area contributed by atoms with Crippen molar-refractivity contribution in [1.82, 2.24) is 10.6 Å². The van der Waals surface area contributed by atoms with Crippen molar-refractivity contribution in [3.05, 3.63) is 60.7 Å². The molecule has 1 aliphatic rings. The summed E-state index contributed by atoms with van der Waals surface area (Å²) in [6, 6.07) is 20.1. The van der Waals surface area contributed by atoms with Gasteiger partial charge in [-0.2, -0.15) is 0 Å². The Morgan fingerprint density at radius 1 is 1.08 bits per heavy atom. The highest BCUT2D eigenvalue weighted by Gasteiger charge is 2.43. The van der Waals surface area contributed by atoms with Gasteiger partial charge in [0.1, 0.15) is 0 Å². The third kappa shape index (κ3) is 5.61. The van der Waals surface area contributed by atoms with Crippen molar-refractivity contribution in [1.29, 1.82) is 0 Å². The van der Waals surface area contributed by atoms with Gasteiger partial charge in [-0.25, -0.2) is 0 Å². The second-order valence-electron chi connectivity index (χ2n) is 6.31. The standard InChI is InChI=1S/C20H25N3OS2/c1-21-19(22-14-15-26(24)18-10-6-3-7-11-18)23-16-20(12-13-20)25-17-8-4-2-5-9-17/h2-11H,12-16H2,1H3,(H2,21,22,23). The van der Waals surface area contributed by atoms with E-state index in [4.69, 9.17) is 0 Å². The summed E-state index contributed by atoms with van der Waals surface area (Å²) in [4.78, 5) is 6.46. The van der Waals surface area contributed by atoms with Crippen LogP contribution in [0.25, 0.3) is 0 Å². The first-order chi connectivity index (χ1) is 12.7. The maximum Gasteiger partial charge on any atom is 0.191 e. The second kappa shape index (κ2) is 9.24. The first kappa shape index (κ1) is 19.0. The van der Waals surface area contributed by atoms with E-state index in [1.807, 2.05) is 48.2 Å². The molecule has 3 rings (SSSR count). The minimum absolute atomic E-state index is 0.270. The Bertz CT molecular complexity index is 746. The number of thioether (sulfide) groups is 1. The summed E-state index contributed by atoms with van der Waals surface area (Å²) < 4.78 is 12.5. The highest BCUT2D eigenvalue weighted by atomic mass is 32.2. The van der Waals surface area contributed by atoms with Gasteiger partial charge in [0, 0.05) is 40.4 Å². The maximum atomic E-state index is 12.3. The SMILES string of the molecule is CN=C(NCCS(=O)c1ccccc1)NCC1(Sc2ccccc2)CC1. The quantitative estimate of drug-likeness (QED) is 0.539. The maximum absolute atomic E-state index is 12.3. The van der Waals surface area contributed by atoms with Crippen LogP contribution in [0.2, 0.25) is 0 Å². The lowest BCUT2D eigenvalue weighted by Crippen LogP contribution is -2.42. The molecule has 1 fully saturated rings. The Balaban J connectivity index is 1.42. The fourth-order valence-electron chi connectivity index (χ4n) is 2.61. The Morgan fingerprint density at radius 3 is 2.35 bits per heavy atom. The molecule has 0 aliphatic heterocycles. The molecule has 138 valence electrons. The summed E-state index contributed by atoms with van der Waals surface area (Å²) in [5.41, 5.74) is 0. The Kier molecular flexibility index (Phi) is 6.74. The van der Waals surface area contributed by atoms with Crippen molar-refractivity contribution in [2.45, 2.75) is 27.4 Å². The molecular weight excluding hydrogens is 362 g/mol. The third-order valence-electron chi connectivity index (χ3n) is 4.27. The first-order valence-corrected chi connectivity index (χ1v) is 11.0. The molecule has 4 nitrogen and oxygen atoms in total. The van der Waals surface area contributed by atoms with E-state index in [0.29, 0.717) is 12.3 Å². The van der Waals surface area contributed by atoms with Crippen molar-refractivity contribution in [2.75, 3.05) is 25.9 Å². The zero-order valence-electron chi connectivity index (χ0n) is 15.0. The number of hydrogen-bond acceptors (Lipinski definition) is 3. The number of rotatable bonds is 8. The molecule has 0 aromatic heterocycles. The van der Waals surface area contributed by atoms with E-state index >= 15 is 0 Å². The van der Waals surface area contributed by atoms with Crippen molar-refractivity contribution >= 4 is 28.5 Å². The summed E-state index contributed by atoms with van der Waals surface area (Å²) in [5.74, 6) is 1.34. The van der Waals surface area contributed by atoms with Gasteiger partial charge in [0.2, 0.25) is 0 Å². The molecule has 0 heterocycles. The molecule has 1 atom stereocenters. The molecule has 26 heavy (non-hydrogen) atoms. The summed E-state index contributed by atoms with van der Waals surface area (Å²) in [7, 11) is 0.785. The lowest BCUT2D eigenvalue weighted by molar-refractivity contribution is 0.681. The van der Waals surface area contributed by atoms with Crippen LogP contribution >= 0.6 is 11.8 Å². The molecule has 0 saturated heterocycles. The van der Waals surface area contributed by atoms with Crippen LogP contribution in [0.3, 0.4) is 0 Å². The lowest BCUT2D eigenvalue weighted by Gasteiger charge is -2.18. The van der Waals surface area contributed by atoms with E-state index < -0.39 is 10.8 Å². The monoisotopic (exact) mass is 387 g/mol. The summed E-state index contributed by atoms with van der Waals surface area (Å²) in [6.07, 6.45) is 2.43. The molecule has 1 saturated carbocycles. The van der Waals surface area contributed by atoms with E-state index in [1.165, 1.54) is 17.7 Å². The van der Waals surface area contributed by atoms with Crippen LogP contribution in [0.5, 0.6) is 0 Å². The number of aliphatic imine (C=N–C) groups is 1. The molecule has 1 aliphatic carbocycles. The molecule has 2 aromatic carbocycles. The topological polar surface area (TPSA) is 53.5 Å². The van der Waals surface area contributed by atoms with Gasteiger partial charge in [0.25, 0.3) is 0 Å². The van der Waals surface area contributed by atoms with Gasteiger partial charge in [-0.3, -0.25) is 9.20 Å². The highest BCUT2D eigenvalue weighted by Crippen LogP contribution is 2.51. The van der Waals surface area contributed by atoms with Gasteiger partial charge < -0.3 is 10.6 Å². The predicted molar refractivity (Wildman–Crippen MR) is 111 cm³/mol. The summed E-state index contributed by atoms with van der Waals surface area (Å²) >= 11 is 1.94. The van der Waals surface area contributed by atoms with Crippen molar-refractivity contribution in [3.63, 3.8) is 0 Å².